The van der Waals surface area contributed by atoms with E-state index in [0.29, 0.717) is 23.9 Å². The molecule has 144 valence electrons. The minimum atomic E-state index is 0.0345. The first-order valence-electron chi connectivity index (χ1n) is 9.29. The molecule has 0 spiro atoms. The van der Waals surface area contributed by atoms with Crippen LogP contribution in [0.25, 0.3) is 11.5 Å². The highest BCUT2D eigenvalue weighted by Gasteiger charge is 2.27. The molecule has 1 unspecified atom stereocenters. The quantitative estimate of drug-likeness (QED) is 0.693. The van der Waals surface area contributed by atoms with E-state index in [-0.39, 0.29) is 11.9 Å². The lowest BCUT2D eigenvalue weighted by Crippen LogP contribution is -2.49. The molecule has 3 heterocycles. The lowest BCUT2D eigenvalue weighted by molar-refractivity contribution is -0.131. The number of piperazine rings is 1. The Morgan fingerprint density at radius 2 is 2.14 bits per heavy atom. The smallest absolute Gasteiger partial charge is 0.233 e. The molecule has 2 aromatic heterocycles. The van der Waals surface area contributed by atoms with Crippen molar-refractivity contribution in [2.75, 3.05) is 25.4 Å². The average Bonchev–Trinajstić information content (AvgIpc) is 3.24. The molecule has 1 aromatic carbocycles. The summed E-state index contributed by atoms with van der Waals surface area (Å²) in [5.74, 6) is 1.82. The first-order valence-corrected chi connectivity index (χ1v) is 10.4. The molecule has 1 fully saturated rings. The standard InChI is InChI=1S/C21H22N4O2S/c26-20(25-10-9-23-12-19(25)17-7-4-8-22-11-17)15-28-14-18-13-27-21(24-18)16-5-2-1-3-6-16/h1-8,11,13,19,23H,9-10,12,14-15H2. The Morgan fingerprint density at radius 3 is 2.96 bits per heavy atom. The number of nitrogens with zero attached hydrogens (tertiary/aromatic N) is 3. The van der Waals surface area contributed by atoms with Gasteiger partial charge in [-0.3, -0.25) is 9.78 Å². The van der Waals surface area contributed by atoms with E-state index in [1.807, 2.05) is 53.6 Å². The Bertz CT molecular complexity index is 901. The van der Waals surface area contributed by atoms with Gasteiger partial charge in [0.05, 0.1) is 17.5 Å². The molecule has 7 heteroatoms. The summed E-state index contributed by atoms with van der Waals surface area (Å²) in [6.07, 6.45) is 5.26. The van der Waals surface area contributed by atoms with E-state index in [9.17, 15) is 4.79 Å². The van der Waals surface area contributed by atoms with E-state index in [0.717, 1.165) is 29.9 Å². The van der Waals surface area contributed by atoms with Gasteiger partial charge in [-0.25, -0.2) is 4.98 Å². The Balaban J connectivity index is 1.33. The predicted molar refractivity (Wildman–Crippen MR) is 110 cm³/mol. The Hall–Kier alpha value is -2.64. The van der Waals surface area contributed by atoms with Gasteiger partial charge in [-0.2, -0.15) is 0 Å². The van der Waals surface area contributed by atoms with E-state index in [1.165, 1.54) is 0 Å². The third-order valence-electron chi connectivity index (χ3n) is 4.68. The number of rotatable bonds is 6. The third kappa shape index (κ3) is 4.43. The van der Waals surface area contributed by atoms with E-state index in [1.54, 1.807) is 24.2 Å². The van der Waals surface area contributed by atoms with E-state index in [2.05, 4.69) is 15.3 Å². The van der Waals surface area contributed by atoms with Gasteiger partial charge in [0.2, 0.25) is 11.8 Å². The summed E-state index contributed by atoms with van der Waals surface area (Å²) in [6, 6.07) is 13.8. The SMILES string of the molecule is O=C(CSCc1coc(-c2ccccc2)n1)N1CCNCC1c1cccnc1. The minimum Gasteiger partial charge on any atom is -0.444 e. The summed E-state index contributed by atoms with van der Waals surface area (Å²) in [6.45, 7) is 2.28. The summed E-state index contributed by atoms with van der Waals surface area (Å²) >= 11 is 1.56. The number of pyridine rings is 1. The van der Waals surface area contributed by atoms with Crippen molar-refractivity contribution in [3.8, 4) is 11.5 Å². The lowest BCUT2D eigenvalue weighted by Gasteiger charge is -2.36. The molecule has 1 saturated heterocycles. The number of amides is 1. The number of aromatic nitrogens is 2. The van der Waals surface area contributed by atoms with Crippen LogP contribution in [0, 0.1) is 0 Å². The Labute approximate surface area is 168 Å². The van der Waals surface area contributed by atoms with Crippen LogP contribution in [0.4, 0.5) is 0 Å². The van der Waals surface area contributed by atoms with Gasteiger partial charge in [-0.1, -0.05) is 24.3 Å². The molecular weight excluding hydrogens is 372 g/mol. The monoisotopic (exact) mass is 394 g/mol. The molecule has 28 heavy (non-hydrogen) atoms. The fourth-order valence-corrected chi connectivity index (χ4v) is 4.07. The van der Waals surface area contributed by atoms with Crippen LogP contribution in [-0.4, -0.2) is 46.2 Å². The molecule has 3 aromatic rings. The van der Waals surface area contributed by atoms with Crippen LogP contribution in [0.15, 0.2) is 65.5 Å². The fraction of sp³-hybridized carbons (Fsp3) is 0.286. The van der Waals surface area contributed by atoms with Gasteiger partial charge in [0, 0.05) is 43.3 Å². The van der Waals surface area contributed by atoms with Gasteiger partial charge in [0.1, 0.15) is 6.26 Å². The van der Waals surface area contributed by atoms with E-state index >= 15 is 0 Å². The normalized spacial score (nSPS) is 16.9. The summed E-state index contributed by atoms with van der Waals surface area (Å²) in [4.78, 5) is 23.5. The van der Waals surface area contributed by atoms with Gasteiger partial charge in [0.15, 0.2) is 0 Å². The van der Waals surface area contributed by atoms with Gasteiger partial charge in [-0.15, -0.1) is 11.8 Å². The summed E-state index contributed by atoms with van der Waals surface area (Å²) < 4.78 is 5.56. The molecule has 1 atom stereocenters. The van der Waals surface area contributed by atoms with Crippen LogP contribution in [0.3, 0.4) is 0 Å². The highest BCUT2D eigenvalue weighted by Crippen LogP contribution is 2.24. The van der Waals surface area contributed by atoms with Crippen LogP contribution in [0.5, 0.6) is 0 Å². The average molecular weight is 395 g/mol. The fourth-order valence-electron chi connectivity index (χ4n) is 3.29. The van der Waals surface area contributed by atoms with Gasteiger partial charge < -0.3 is 14.6 Å². The van der Waals surface area contributed by atoms with Gasteiger partial charge >= 0.3 is 0 Å². The van der Waals surface area contributed by atoms with Crippen molar-refractivity contribution in [2.24, 2.45) is 0 Å². The van der Waals surface area contributed by atoms with E-state index < -0.39 is 0 Å². The number of thioether (sulfide) groups is 1. The maximum Gasteiger partial charge on any atom is 0.233 e. The highest BCUT2D eigenvalue weighted by molar-refractivity contribution is 7.99. The number of carbonyl (C=O) groups excluding carboxylic acids is 1. The van der Waals surface area contributed by atoms with Crippen molar-refractivity contribution in [1.82, 2.24) is 20.2 Å². The minimum absolute atomic E-state index is 0.0345. The molecule has 1 N–H and O–H groups in total. The molecule has 0 bridgehead atoms. The second-order valence-corrected chi connectivity index (χ2v) is 7.58. The zero-order valence-corrected chi connectivity index (χ0v) is 16.3. The molecule has 1 aliphatic rings. The number of carbonyl (C=O) groups is 1. The molecule has 0 saturated carbocycles. The largest absolute Gasteiger partial charge is 0.444 e. The second kappa shape index (κ2) is 9.03. The van der Waals surface area contributed by atoms with Crippen molar-refractivity contribution in [3.05, 3.63) is 72.4 Å². The molecule has 0 radical (unpaired) electrons. The molecule has 4 rings (SSSR count). The number of oxazole rings is 1. The van der Waals surface area contributed by atoms with E-state index in [4.69, 9.17) is 4.42 Å². The van der Waals surface area contributed by atoms with Crippen molar-refractivity contribution < 1.29 is 9.21 Å². The summed E-state index contributed by atoms with van der Waals surface area (Å²) in [7, 11) is 0. The third-order valence-corrected chi connectivity index (χ3v) is 5.63. The first-order chi connectivity index (χ1) is 13.8. The predicted octanol–water partition coefficient (Wildman–Crippen LogP) is 3.14. The molecule has 1 amide bonds. The van der Waals surface area contributed by atoms with Crippen molar-refractivity contribution in [2.45, 2.75) is 11.8 Å². The first kappa shape index (κ1) is 18.7. The Morgan fingerprint density at radius 1 is 1.25 bits per heavy atom. The van der Waals surface area contributed by atoms with Crippen LogP contribution in [0.1, 0.15) is 17.3 Å². The lowest BCUT2D eigenvalue weighted by atomic mass is 10.1. The Kier molecular flexibility index (Phi) is 6.04. The van der Waals surface area contributed by atoms with Crippen LogP contribution in [0.2, 0.25) is 0 Å². The number of nitrogens with one attached hydrogen (secondary N) is 1. The molecule has 1 aliphatic heterocycles. The van der Waals surface area contributed by atoms with Crippen LogP contribution < -0.4 is 5.32 Å². The maximum atomic E-state index is 12.8. The summed E-state index contributed by atoms with van der Waals surface area (Å²) in [5.41, 5.74) is 2.87. The topological polar surface area (TPSA) is 71.3 Å². The number of hydrogen-bond donors (Lipinski definition) is 1. The highest BCUT2D eigenvalue weighted by atomic mass is 32.2. The van der Waals surface area contributed by atoms with Crippen molar-refractivity contribution >= 4 is 17.7 Å². The van der Waals surface area contributed by atoms with Crippen molar-refractivity contribution in [3.63, 3.8) is 0 Å². The van der Waals surface area contributed by atoms with Crippen LogP contribution in [-0.2, 0) is 10.5 Å². The van der Waals surface area contributed by atoms with Crippen molar-refractivity contribution in [1.29, 1.82) is 0 Å². The van der Waals surface area contributed by atoms with Gasteiger partial charge in [0.25, 0.3) is 0 Å². The zero-order chi connectivity index (χ0) is 19.2. The second-order valence-electron chi connectivity index (χ2n) is 6.60. The maximum absolute atomic E-state index is 12.8. The van der Waals surface area contributed by atoms with Crippen LogP contribution >= 0.6 is 11.8 Å². The molecular formula is C21H22N4O2S. The molecule has 6 nitrogen and oxygen atoms in total. The number of hydrogen-bond acceptors (Lipinski definition) is 6. The number of benzene rings is 1. The van der Waals surface area contributed by atoms with Gasteiger partial charge in [-0.05, 0) is 23.8 Å². The zero-order valence-electron chi connectivity index (χ0n) is 15.5. The summed E-state index contributed by atoms with van der Waals surface area (Å²) in [5, 5.41) is 3.37. The molecule has 0 aliphatic carbocycles.